The summed E-state index contributed by atoms with van der Waals surface area (Å²) in [5, 5.41) is 0. The Balaban J connectivity index is 0.000000238. The molecule has 0 saturated carbocycles. The quantitative estimate of drug-likeness (QED) is 0.219. The molecule has 1 aliphatic carbocycles. The Labute approximate surface area is 299 Å². The van der Waals surface area contributed by atoms with Gasteiger partial charge in [-0.05, 0) is 65.8 Å². The highest BCUT2D eigenvalue weighted by atomic mass is 32.2. The van der Waals surface area contributed by atoms with E-state index >= 15 is 0 Å². The molecule has 2 heterocycles. The van der Waals surface area contributed by atoms with Crippen LogP contribution in [0.4, 0.5) is 5.69 Å². The standard InChI is InChI=1S/C21H29N.C18H24S4.C2H6/c1-5-7-15-21(4,6-2)19-13-10-12-17(16(19)3)18-11-8-9-14-20(18)22;1-2-16-17(14-10-19-6-7-20-11-14)4-3-5-18(16)15-12-21-8-9-22-13-15;1-2/h7-12,14-15,19H,5-6,13,22H2,1-4H3;2-5,14-15H,1,6-13H2;1-2H3. The Morgan fingerprint density at radius 1 is 0.848 bits per heavy atom. The molecule has 0 amide bonds. The molecule has 3 aliphatic rings. The van der Waals surface area contributed by atoms with Gasteiger partial charge >= 0.3 is 0 Å². The van der Waals surface area contributed by atoms with Gasteiger partial charge in [-0.15, -0.1) is 0 Å². The maximum absolute atomic E-state index is 6.20. The van der Waals surface area contributed by atoms with Crippen LogP contribution in [0, 0.1) is 11.3 Å². The van der Waals surface area contributed by atoms with Gasteiger partial charge < -0.3 is 5.73 Å². The van der Waals surface area contributed by atoms with Crippen molar-refractivity contribution >= 4 is 64.4 Å². The smallest absolute Gasteiger partial charge is 0.0393 e. The summed E-state index contributed by atoms with van der Waals surface area (Å²) in [6.07, 6.45) is 14.8. The Bertz CT molecular complexity index is 1260. The highest BCUT2D eigenvalue weighted by Gasteiger charge is 2.33. The van der Waals surface area contributed by atoms with E-state index in [2.05, 4.69) is 142 Å². The Morgan fingerprint density at radius 2 is 1.39 bits per heavy atom. The SMILES string of the molecule is C=Cc1c(C2CSCCSC2)cccc1C1CSCCSC1.CC.CCC=CC(C)(CC)C1CC=CC(c2ccccc2N)=C1C. The van der Waals surface area contributed by atoms with Crippen molar-refractivity contribution in [3.63, 3.8) is 0 Å². The van der Waals surface area contributed by atoms with Crippen LogP contribution in [-0.4, -0.2) is 46.0 Å². The van der Waals surface area contributed by atoms with Crippen LogP contribution in [0.2, 0.25) is 0 Å². The summed E-state index contributed by atoms with van der Waals surface area (Å²) in [4.78, 5) is 0. The van der Waals surface area contributed by atoms with E-state index in [9.17, 15) is 0 Å². The van der Waals surface area contributed by atoms with Crippen molar-refractivity contribution in [3.05, 3.63) is 101 Å². The summed E-state index contributed by atoms with van der Waals surface area (Å²) in [5.74, 6) is 12.2. The number of nitrogens with two attached hydrogens (primary N) is 1. The van der Waals surface area contributed by atoms with E-state index in [-0.39, 0.29) is 5.41 Å². The lowest BCUT2D eigenvalue weighted by molar-refractivity contribution is 0.283. The van der Waals surface area contributed by atoms with Gasteiger partial charge in [-0.2, -0.15) is 47.0 Å². The van der Waals surface area contributed by atoms with Gasteiger partial charge in [0, 0.05) is 69.1 Å². The van der Waals surface area contributed by atoms with Crippen molar-refractivity contribution in [1.82, 2.24) is 0 Å². The molecule has 2 saturated heterocycles. The first kappa shape index (κ1) is 39.0. The molecule has 1 nitrogen and oxygen atoms in total. The van der Waals surface area contributed by atoms with E-state index in [1.165, 1.54) is 68.3 Å². The second kappa shape index (κ2) is 20.9. The van der Waals surface area contributed by atoms with Gasteiger partial charge in [0.2, 0.25) is 0 Å². The number of rotatable bonds is 8. The molecule has 2 unspecified atom stereocenters. The van der Waals surface area contributed by atoms with Crippen LogP contribution in [0.5, 0.6) is 0 Å². The van der Waals surface area contributed by atoms with Crippen LogP contribution in [0.25, 0.3) is 11.6 Å². The average Bonchev–Trinajstić information content (AvgIpc) is 3.55. The van der Waals surface area contributed by atoms with Crippen LogP contribution in [-0.2, 0) is 0 Å². The summed E-state index contributed by atoms with van der Waals surface area (Å²) in [6, 6.07) is 15.2. The van der Waals surface area contributed by atoms with Crippen molar-refractivity contribution in [1.29, 1.82) is 0 Å². The first-order valence-electron chi connectivity index (χ1n) is 17.4. The lowest BCUT2D eigenvalue weighted by Gasteiger charge is -2.38. The predicted molar refractivity (Wildman–Crippen MR) is 221 cm³/mol. The molecule has 2 aromatic rings. The summed E-state index contributed by atoms with van der Waals surface area (Å²) < 4.78 is 0. The Morgan fingerprint density at radius 3 is 1.87 bits per heavy atom. The van der Waals surface area contributed by atoms with Gasteiger partial charge in [-0.25, -0.2) is 0 Å². The number of thioether (sulfide) groups is 4. The third-order valence-corrected chi connectivity index (χ3v) is 14.5. The summed E-state index contributed by atoms with van der Waals surface area (Å²) in [6.45, 7) is 17.3. The van der Waals surface area contributed by atoms with E-state index in [0.29, 0.717) is 17.8 Å². The molecule has 0 radical (unpaired) electrons. The van der Waals surface area contributed by atoms with Crippen molar-refractivity contribution in [2.75, 3.05) is 51.8 Å². The zero-order chi connectivity index (χ0) is 33.4. The predicted octanol–water partition coefficient (Wildman–Crippen LogP) is 12.5. The second-order valence-corrected chi connectivity index (χ2v) is 16.9. The molecule has 5 heteroatoms. The van der Waals surface area contributed by atoms with Crippen molar-refractivity contribution in [3.8, 4) is 0 Å². The largest absolute Gasteiger partial charge is 0.398 e. The number of allylic oxidation sites excluding steroid dienone is 6. The summed E-state index contributed by atoms with van der Waals surface area (Å²) >= 11 is 8.48. The fraction of sp³-hybridized carbons (Fsp3) is 0.512. The molecule has 5 rings (SSSR count). The lowest BCUT2D eigenvalue weighted by atomic mass is 9.67. The highest BCUT2D eigenvalue weighted by molar-refractivity contribution is 8.04. The van der Waals surface area contributed by atoms with Crippen molar-refractivity contribution in [2.45, 2.75) is 72.6 Å². The van der Waals surface area contributed by atoms with Crippen LogP contribution in [0.3, 0.4) is 0 Å². The van der Waals surface area contributed by atoms with Crippen LogP contribution < -0.4 is 5.73 Å². The molecule has 2 atom stereocenters. The zero-order valence-corrected chi connectivity index (χ0v) is 32.6. The summed E-state index contributed by atoms with van der Waals surface area (Å²) in [7, 11) is 0. The lowest BCUT2D eigenvalue weighted by Crippen LogP contribution is -2.27. The van der Waals surface area contributed by atoms with Gasteiger partial charge in [-0.1, -0.05) is 114 Å². The van der Waals surface area contributed by atoms with Gasteiger partial charge in [-0.3, -0.25) is 0 Å². The average molecular weight is 694 g/mol. The van der Waals surface area contributed by atoms with E-state index < -0.39 is 0 Å². The van der Waals surface area contributed by atoms with E-state index in [4.69, 9.17) is 5.73 Å². The molecule has 2 N–H and O–H groups in total. The Hall–Kier alpha value is -1.40. The Kier molecular flexibility index (Phi) is 17.7. The topological polar surface area (TPSA) is 26.0 Å². The van der Waals surface area contributed by atoms with E-state index in [1.807, 2.05) is 26.0 Å². The van der Waals surface area contributed by atoms with Gasteiger partial charge in [0.1, 0.15) is 0 Å². The maximum atomic E-state index is 6.20. The number of hydrogen-bond acceptors (Lipinski definition) is 5. The van der Waals surface area contributed by atoms with Crippen LogP contribution >= 0.6 is 47.0 Å². The summed E-state index contributed by atoms with van der Waals surface area (Å²) in [5.41, 5.74) is 15.8. The van der Waals surface area contributed by atoms with Crippen LogP contribution in [0.15, 0.2) is 78.9 Å². The number of hydrogen-bond donors (Lipinski definition) is 1. The molecule has 252 valence electrons. The number of benzene rings is 2. The van der Waals surface area contributed by atoms with E-state index in [1.54, 1.807) is 11.1 Å². The zero-order valence-electron chi connectivity index (χ0n) is 29.4. The molecular weight excluding hydrogens is 635 g/mol. The molecule has 0 bridgehead atoms. The minimum Gasteiger partial charge on any atom is -0.398 e. The first-order chi connectivity index (χ1) is 22.4. The first-order valence-corrected chi connectivity index (χ1v) is 22.0. The molecule has 2 aliphatic heterocycles. The molecule has 2 aromatic carbocycles. The molecule has 0 spiro atoms. The fourth-order valence-corrected chi connectivity index (χ4v) is 11.8. The maximum Gasteiger partial charge on any atom is 0.0393 e. The van der Waals surface area contributed by atoms with Crippen molar-refractivity contribution < 1.29 is 0 Å². The molecule has 0 aromatic heterocycles. The van der Waals surface area contributed by atoms with Crippen molar-refractivity contribution in [2.24, 2.45) is 11.3 Å². The minimum absolute atomic E-state index is 0.208. The minimum atomic E-state index is 0.208. The molecule has 46 heavy (non-hydrogen) atoms. The highest BCUT2D eigenvalue weighted by Crippen LogP contribution is 2.45. The molecular formula is C41H59NS4. The second-order valence-electron chi connectivity index (χ2n) is 12.3. The van der Waals surface area contributed by atoms with E-state index in [0.717, 1.165) is 24.9 Å². The number of anilines is 1. The van der Waals surface area contributed by atoms with Gasteiger partial charge in [0.15, 0.2) is 0 Å². The van der Waals surface area contributed by atoms with Crippen LogP contribution in [0.1, 0.15) is 94.9 Å². The van der Waals surface area contributed by atoms with Gasteiger partial charge in [0.05, 0.1) is 0 Å². The third-order valence-electron chi connectivity index (χ3n) is 9.42. The number of nitrogen functional groups attached to an aromatic ring is 1. The normalized spacial score (nSPS) is 20.9. The van der Waals surface area contributed by atoms with Gasteiger partial charge in [0.25, 0.3) is 0 Å². The molecule has 2 fully saturated rings. The fourth-order valence-electron chi connectivity index (χ4n) is 6.64. The monoisotopic (exact) mass is 693 g/mol. The number of para-hydroxylation sites is 1. The third kappa shape index (κ3) is 10.5.